The zero-order valence-corrected chi connectivity index (χ0v) is 13.5. The summed E-state index contributed by atoms with van der Waals surface area (Å²) in [4.78, 5) is 31.3. The summed E-state index contributed by atoms with van der Waals surface area (Å²) in [7, 11) is 0. The summed E-state index contributed by atoms with van der Waals surface area (Å²) in [6, 6.07) is 3.75. The number of amides is 2. The number of carbonyl (C=O) groups is 2. The minimum atomic E-state index is 0.0872. The maximum Gasteiger partial charge on any atom is 0.264 e. The van der Waals surface area contributed by atoms with Crippen LogP contribution in [0.1, 0.15) is 9.67 Å². The van der Waals surface area contributed by atoms with Gasteiger partial charge in [-0.1, -0.05) is 6.07 Å². The van der Waals surface area contributed by atoms with E-state index in [2.05, 4.69) is 10.2 Å². The van der Waals surface area contributed by atoms with Crippen molar-refractivity contribution in [2.45, 2.75) is 0 Å². The van der Waals surface area contributed by atoms with E-state index in [1.807, 2.05) is 27.3 Å². The van der Waals surface area contributed by atoms with Crippen molar-refractivity contribution in [2.24, 2.45) is 0 Å². The second-order valence-corrected chi connectivity index (χ2v) is 6.62. The molecule has 1 aromatic heterocycles. The zero-order chi connectivity index (χ0) is 15.4. The molecule has 22 heavy (non-hydrogen) atoms. The molecule has 3 heterocycles. The first-order chi connectivity index (χ1) is 10.7. The largest absolute Gasteiger partial charge is 0.338 e. The molecule has 6 nitrogen and oxygen atoms in total. The Kier molecular flexibility index (Phi) is 5.07. The highest BCUT2D eigenvalue weighted by molar-refractivity contribution is 7.12. The molecule has 2 fully saturated rings. The number of carbonyl (C=O) groups excluding carboxylic acids is 2. The lowest BCUT2D eigenvalue weighted by Gasteiger charge is -2.36. The van der Waals surface area contributed by atoms with E-state index in [0.29, 0.717) is 32.7 Å². The topological polar surface area (TPSA) is 55.9 Å². The van der Waals surface area contributed by atoms with Gasteiger partial charge in [0.25, 0.3) is 5.91 Å². The van der Waals surface area contributed by atoms with Gasteiger partial charge in [0.1, 0.15) is 0 Å². The van der Waals surface area contributed by atoms with E-state index in [0.717, 1.165) is 31.1 Å². The predicted octanol–water partition coefficient (Wildman–Crippen LogP) is -0.0623. The molecule has 0 spiro atoms. The highest BCUT2D eigenvalue weighted by atomic mass is 32.1. The van der Waals surface area contributed by atoms with Crippen LogP contribution in [0.2, 0.25) is 0 Å². The van der Waals surface area contributed by atoms with Crippen LogP contribution in [0.4, 0.5) is 0 Å². The van der Waals surface area contributed by atoms with Gasteiger partial charge in [0.15, 0.2) is 0 Å². The third kappa shape index (κ3) is 3.66. The molecule has 0 aromatic carbocycles. The number of nitrogens with zero attached hydrogens (tertiary/aromatic N) is 3. The van der Waals surface area contributed by atoms with Gasteiger partial charge in [-0.25, -0.2) is 0 Å². The second kappa shape index (κ2) is 7.21. The van der Waals surface area contributed by atoms with Crippen molar-refractivity contribution >= 4 is 23.2 Å². The molecule has 0 unspecified atom stereocenters. The van der Waals surface area contributed by atoms with E-state index in [-0.39, 0.29) is 11.8 Å². The Morgan fingerprint density at radius 2 is 1.73 bits per heavy atom. The van der Waals surface area contributed by atoms with Crippen molar-refractivity contribution in [1.29, 1.82) is 0 Å². The summed E-state index contributed by atoms with van der Waals surface area (Å²) < 4.78 is 0. The Hall–Kier alpha value is -1.44. The minimum Gasteiger partial charge on any atom is -0.338 e. The Morgan fingerprint density at radius 1 is 1.05 bits per heavy atom. The normalized spacial score (nSPS) is 20.2. The van der Waals surface area contributed by atoms with Gasteiger partial charge in [-0.2, -0.15) is 0 Å². The molecule has 120 valence electrons. The van der Waals surface area contributed by atoms with Gasteiger partial charge in [0.05, 0.1) is 11.4 Å². The highest BCUT2D eigenvalue weighted by Gasteiger charge is 2.26. The van der Waals surface area contributed by atoms with Gasteiger partial charge in [-0.15, -0.1) is 11.3 Å². The van der Waals surface area contributed by atoms with Crippen LogP contribution < -0.4 is 5.32 Å². The predicted molar refractivity (Wildman–Crippen MR) is 86.1 cm³/mol. The molecule has 2 aliphatic heterocycles. The van der Waals surface area contributed by atoms with Crippen LogP contribution in [0.15, 0.2) is 17.5 Å². The quantitative estimate of drug-likeness (QED) is 0.847. The number of hydrogen-bond acceptors (Lipinski definition) is 5. The molecule has 0 bridgehead atoms. The summed E-state index contributed by atoms with van der Waals surface area (Å²) >= 11 is 1.47. The molecule has 0 saturated carbocycles. The molecule has 2 saturated heterocycles. The average molecular weight is 322 g/mol. The highest BCUT2D eigenvalue weighted by Crippen LogP contribution is 2.14. The summed E-state index contributed by atoms with van der Waals surface area (Å²) in [6.45, 7) is 6.82. The van der Waals surface area contributed by atoms with E-state index in [9.17, 15) is 9.59 Å². The van der Waals surface area contributed by atoms with Gasteiger partial charge in [-0.3, -0.25) is 14.5 Å². The summed E-state index contributed by atoms with van der Waals surface area (Å²) in [6.07, 6.45) is 0. The van der Waals surface area contributed by atoms with Crippen LogP contribution in [0.25, 0.3) is 0 Å². The SMILES string of the molecule is O=C(CN1CCNCC1)N1CCN(C(=O)c2cccs2)CC1. The maximum atomic E-state index is 12.3. The van der Waals surface area contributed by atoms with Gasteiger partial charge in [0.2, 0.25) is 5.91 Å². The fourth-order valence-electron chi connectivity index (χ4n) is 2.88. The summed E-state index contributed by atoms with van der Waals surface area (Å²) in [5.41, 5.74) is 0. The number of hydrogen-bond donors (Lipinski definition) is 1. The van der Waals surface area contributed by atoms with Crippen LogP contribution in [0.3, 0.4) is 0 Å². The van der Waals surface area contributed by atoms with E-state index in [1.165, 1.54) is 11.3 Å². The Balaban J connectivity index is 1.46. The third-order valence-electron chi connectivity index (χ3n) is 4.22. The van der Waals surface area contributed by atoms with Crippen molar-refractivity contribution in [2.75, 3.05) is 58.9 Å². The molecule has 1 N–H and O–H groups in total. The molecule has 0 atom stereocenters. The number of nitrogens with one attached hydrogen (secondary N) is 1. The lowest BCUT2D eigenvalue weighted by molar-refractivity contribution is -0.134. The molecular formula is C15H22N4O2S. The van der Waals surface area contributed by atoms with Crippen molar-refractivity contribution in [3.05, 3.63) is 22.4 Å². The lowest BCUT2D eigenvalue weighted by Crippen LogP contribution is -2.54. The van der Waals surface area contributed by atoms with Crippen molar-refractivity contribution in [3.63, 3.8) is 0 Å². The smallest absolute Gasteiger partial charge is 0.264 e. The molecular weight excluding hydrogens is 300 g/mol. The van der Waals surface area contributed by atoms with E-state index >= 15 is 0 Å². The van der Waals surface area contributed by atoms with Gasteiger partial charge < -0.3 is 15.1 Å². The maximum absolute atomic E-state index is 12.3. The van der Waals surface area contributed by atoms with Crippen molar-refractivity contribution in [3.8, 4) is 0 Å². The molecule has 0 aliphatic carbocycles. The van der Waals surface area contributed by atoms with Crippen molar-refractivity contribution < 1.29 is 9.59 Å². The molecule has 2 aliphatic rings. The van der Waals surface area contributed by atoms with Crippen LogP contribution >= 0.6 is 11.3 Å². The van der Waals surface area contributed by atoms with E-state index in [1.54, 1.807) is 0 Å². The average Bonchev–Trinajstić information content (AvgIpc) is 3.10. The number of piperazine rings is 2. The van der Waals surface area contributed by atoms with Crippen LogP contribution in [0, 0.1) is 0 Å². The first-order valence-corrected chi connectivity index (χ1v) is 8.65. The van der Waals surface area contributed by atoms with Crippen molar-refractivity contribution in [1.82, 2.24) is 20.0 Å². The van der Waals surface area contributed by atoms with Gasteiger partial charge >= 0.3 is 0 Å². The second-order valence-electron chi connectivity index (χ2n) is 5.68. The Labute approximate surface area is 134 Å². The fraction of sp³-hybridized carbons (Fsp3) is 0.600. The van der Waals surface area contributed by atoms with E-state index < -0.39 is 0 Å². The molecule has 2 amide bonds. The first kappa shape index (κ1) is 15.5. The minimum absolute atomic E-state index is 0.0872. The third-order valence-corrected chi connectivity index (χ3v) is 5.08. The van der Waals surface area contributed by atoms with Gasteiger partial charge in [0, 0.05) is 52.4 Å². The zero-order valence-electron chi connectivity index (χ0n) is 12.7. The van der Waals surface area contributed by atoms with Crippen LogP contribution in [-0.4, -0.2) is 85.4 Å². The number of thiophene rings is 1. The van der Waals surface area contributed by atoms with E-state index in [4.69, 9.17) is 0 Å². The molecule has 0 radical (unpaired) electrons. The summed E-state index contributed by atoms with van der Waals surface area (Å²) in [5.74, 6) is 0.273. The molecule has 1 aromatic rings. The van der Waals surface area contributed by atoms with Crippen LogP contribution in [-0.2, 0) is 4.79 Å². The molecule has 3 rings (SSSR count). The molecule has 7 heteroatoms. The fourth-order valence-corrected chi connectivity index (χ4v) is 3.57. The lowest BCUT2D eigenvalue weighted by atomic mass is 10.2. The Morgan fingerprint density at radius 3 is 2.36 bits per heavy atom. The van der Waals surface area contributed by atoms with Crippen LogP contribution in [0.5, 0.6) is 0 Å². The number of rotatable bonds is 3. The van der Waals surface area contributed by atoms with Gasteiger partial charge in [-0.05, 0) is 11.4 Å². The standard InChI is InChI=1S/C15H22N4O2S/c20-14(12-17-5-3-16-4-6-17)18-7-9-19(10-8-18)15(21)13-2-1-11-22-13/h1-2,11,16H,3-10,12H2. The first-order valence-electron chi connectivity index (χ1n) is 7.77. The monoisotopic (exact) mass is 322 g/mol. The Bertz CT molecular complexity index is 506. The summed E-state index contributed by atoms with van der Waals surface area (Å²) in [5, 5.41) is 5.21.